The van der Waals surface area contributed by atoms with E-state index in [0.29, 0.717) is 12.3 Å². The molecule has 1 unspecified atom stereocenters. The van der Waals surface area contributed by atoms with Crippen molar-refractivity contribution in [1.29, 1.82) is 0 Å². The number of hydrogen-bond donors (Lipinski definition) is 1. The van der Waals surface area contributed by atoms with E-state index in [-0.39, 0.29) is 5.91 Å². The largest absolute Gasteiger partial charge is 0.326 e. The van der Waals surface area contributed by atoms with Gasteiger partial charge in [0.1, 0.15) is 0 Å². The van der Waals surface area contributed by atoms with Gasteiger partial charge in [-0.15, -0.1) is 0 Å². The van der Waals surface area contributed by atoms with E-state index in [0.717, 1.165) is 18.5 Å². The smallest absolute Gasteiger partial charge is 0.224 e. The lowest BCUT2D eigenvalue weighted by Crippen LogP contribution is -2.19. The van der Waals surface area contributed by atoms with Crippen LogP contribution in [-0.2, 0) is 17.6 Å². The molecule has 20 heavy (non-hydrogen) atoms. The highest BCUT2D eigenvalue weighted by Crippen LogP contribution is 2.28. The number of fused-ring (bicyclic) bond motifs is 1. The van der Waals surface area contributed by atoms with E-state index in [2.05, 4.69) is 35.4 Å². The number of carbonyl (C=O) groups excluding carboxylic acids is 1. The molecule has 2 aromatic rings. The molecule has 1 atom stereocenters. The Labute approximate surface area is 119 Å². The molecule has 3 heteroatoms. The van der Waals surface area contributed by atoms with Crippen molar-refractivity contribution in [1.82, 2.24) is 4.98 Å². The molecule has 3 nitrogen and oxygen atoms in total. The lowest BCUT2D eigenvalue weighted by Gasteiger charge is -2.19. The first-order valence-corrected chi connectivity index (χ1v) is 7.04. The number of rotatable bonds is 3. The summed E-state index contributed by atoms with van der Waals surface area (Å²) in [5, 5.41) is 2.93. The van der Waals surface area contributed by atoms with Gasteiger partial charge in [0.05, 0.1) is 0 Å². The molecule has 1 amide bonds. The average molecular weight is 266 g/mol. The van der Waals surface area contributed by atoms with E-state index < -0.39 is 0 Å². The van der Waals surface area contributed by atoms with Gasteiger partial charge in [0.15, 0.2) is 0 Å². The lowest BCUT2D eigenvalue weighted by atomic mass is 9.91. The average Bonchev–Trinajstić information content (AvgIpc) is 2.47. The van der Waals surface area contributed by atoms with Crippen molar-refractivity contribution < 1.29 is 4.79 Å². The number of benzene rings is 1. The second-order valence-electron chi connectivity index (χ2n) is 5.43. The molecule has 0 radical (unpaired) electrons. The summed E-state index contributed by atoms with van der Waals surface area (Å²) in [5.74, 6) is 0.566. The molecule has 3 rings (SSSR count). The zero-order chi connectivity index (χ0) is 13.9. The molecule has 0 fully saturated rings. The maximum absolute atomic E-state index is 11.4. The summed E-state index contributed by atoms with van der Waals surface area (Å²) >= 11 is 0. The topological polar surface area (TPSA) is 42.0 Å². The Bertz CT molecular complexity index is 622. The molecule has 0 saturated heterocycles. The van der Waals surface area contributed by atoms with Gasteiger partial charge in [-0.3, -0.25) is 9.78 Å². The fourth-order valence-corrected chi connectivity index (χ4v) is 2.70. The van der Waals surface area contributed by atoms with Crippen LogP contribution in [0.15, 0.2) is 42.7 Å². The quantitative estimate of drug-likeness (QED) is 0.926. The molecule has 0 aliphatic carbocycles. The molecule has 1 aromatic heterocycles. The number of nitrogens with zero attached hydrogens (tertiary/aromatic N) is 1. The third-order valence-electron chi connectivity index (χ3n) is 3.86. The number of anilines is 1. The van der Waals surface area contributed by atoms with Crippen molar-refractivity contribution in [2.45, 2.75) is 32.1 Å². The van der Waals surface area contributed by atoms with Crippen molar-refractivity contribution >= 4 is 11.6 Å². The van der Waals surface area contributed by atoms with Gasteiger partial charge in [-0.25, -0.2) is 0 Å². The summed E-state index contributed by atoms with van der Waals surface area (Å²) in [6, 6.07) is 10.5. The van der Waals surface area contributed by atoms with Crippen molar-refractivity contribution in [2.24, 2.45) is 0 Å². The molecule has 2 heterocycles. The van der Waals surface area contributed by atoms with Crippen LogP contribution in [0.3, 0.4) is 0 Å². The maximum atomic E-state index is 11.4. The SMILES string of the molecule is CC(Cc1cccnc1)c1ccc2c(c1)CCC(=O)N2. The number of aromatic nitrogens is 1. The van der Waals surface area contributed by atoms with Gasteiger partial charge in [-0.05, 0) is 47.6 Å². The van der Waals surface area contributed by atoms with Gasteiger partial charge in [-0.1, -0.05) is 25.1 Å². The molecule has 0 bridgehead atoms. The molecular formula is C17H18N2O. The number of aryl methyl sites for hydroxylation is 1. The second-order valence-corrected chi connectivity index (χ2v) is 5.43. The number of amides is 1. The van der Waals surface area contributed by atoms with Crippen LogP contribution >= 0.6 is 0 Å². The highest BCUT2D eigenvalue weighted by Gasteiger charge is 2.16. The predicted molar refractivity (Wildman–Crippen MR) is 79.7 cm³/mol. The van der Waals surface area contributed by atoms with E-state index in [9.17, 15) is 4.79 Å². The summed E-state index contributed by atoms with van der Waals surface area (Å²) in [7, 11) is 0. The summed E-state index contributed by atoms with van der Waals surface area (Å²) < 4.78 is 0. The molecule has 1 aliphatic heterocycles. The first-order valence-electron chi connectivity index (χ1n) is 7.04. The fourth-order valence-electron chi connectivity index (χ4n) is 2.70. The van der Waals surface area contributed by atoms with Crippen LogP contribution in [0.1, 0.15) is 36.0 Å². The highest BCUT2D eigenvalue weighted by atomic mass is 16.1. The maximum Gasteiger partial charge on any atom is 0.224 e. The van der Waals surface area contributed by atoms with Gasteiger partial charge in [0.25, 0.3) is 0 Å². The van der Waals surface area contributed by atoms with Gasteiger partial charge in [-0.2, -0.15) is 0 Å². The molecule has 0 saturated carbocycles. The van der Waals surface area contributed by atoms with Gasteiger partial charge in [0, 0.05) is 24.5 Å². The Kier molecular flexibility index (Phi) is 3.50. The van der Waals surface area contributed by atoms with Crippen LogP contribution in [0, 0.1) is 0 Å². The van der Waals surface area contributed by atoms with Crippen LogP contribution < -0.4 is 5.32 Å². The van der Waals surface area contributed by atoms with Crippen molar-refractivity contribution in [3.05, 3.63) is 59.4 Å². The first-order chi connectivity index (χ1) is 9.72. The van der Waals surface area contributed by atoms with E-state index in [1.165, 1.54) is 16.7 Å². The van der Waals surface area contributed by atoms with Crippen molar-refractivity contribution in [2.75, 3.05) is 5.32 Å². The normalized spacial score (nSPS) is 15.3. The number of hydrogen-bond acceptors (Lipinski definition) is 2. The molecule has 0 spiro atoms. The Balaban J connectivity index is 1.79. The third kappa shape index (κ3) is 2.72. The van der Waals surface area contributed by atoms with Gasteiger partial charge in [0.2, 0.25) is 5.91 Å². The first kappa shape index (κ1) is 12.9. The highest BCUT2D eigenvalue weighted by molar-refractivity contribution is 5.93. The van der Waals surface area contributed by atoms with E-state index in [1.54, 1.807) is 6.20 Å². The van der Waals surface area contributed by atoms with E-state index in [1.807, 2.05) is 18.3 Å². The van der Waals surface area contributed by atoms with Crippen LogP contribution in [0.2, 0.25) is 0 Å². The minimum absolute atomic E-state index is 0.119. The summed E-state index contributed by atoms with van der Waals surface area (Å²) in [6.45, 7) is 2.23. The minimum Gasteiger partial charge on any atom is -0.326 e. The van der Waals surface area contributed by atoms with E-state index >= 15 is 0 Å². The molecule has 102 valence electrons. The summed E-state index contributed by atoms with van der Waals surface area (Å²) in [4.78, 5) is 15.5. The summed E-state index contributed by atoms with van der Waals surface area (Å²) in [6.07, 6.45) is 6.14. The zero-order valence-corrected chi connectivity index (χ0v) is 11.6. The Morgan fingerprint density at radius 3 is 3.00 bits per heavy atom. The third-order valence-corrected chi connectivity index (χ3v) is 3.86. The van der Waals surface area contributed by atoms with E-state index in [4.69, 9.17) is 0 Å². The Morgan fingerprint density at radius 1 is 1.30 bits per heavy atom. The second kappa shape index (κ2) is 5.45. The Hall–Kier alpha value is -2.16. The predicted octanol–water partition coefficient (Wildman–Crippen LogP) is 3.31. The standard InChI is InChI=1S/C17H18N2O/c1-12(9-13-3-2-8-18-11-13)14-4-6-16-15(10-14)5-7-17(20)19-16/h2-4,6,8,10-12H,5,7,9H2,1H3,(H,19,20). The minimum atomic E-state index is 0.119. The van der Waals surface area contributed by atoms with Crippen molar-refractivity contribution in [3.63, 3.8) is 0 Å². The number of carbonyl (C=O) groups is 1. The Morgan fingerprint density at radius 2 is 2.20 bits per heavy atom. The molecule has 1 aromatic carbocycles. The summed E-state index contributed by atoms with van der Waals surface area (Å²) in [5.41, 5.74) is 4.80. The van der Waals surface area contributed by atoms with Crippen LogP contribution in [0.4, 0.5) is 5.69 Å². The van der Waals surface area contributed by atoms with Crippen LogP contribution in [0.5, 0.6) is 0 Å². The monoisotopic (exact) mass is 266 g/mol. The fraction of sp³-hybridized carbons (Fsp3) is 0.294. The molecule has 1 N–H and O–H groups in total. The van der Waals surface area contributed by atoms with Gasteiger partial charge < -0.3 is 5.32 Å². The van der Waals surface area contributed by atoms with Crippen molar-refractivity contribution in [3.8, 4) is 0 Å². The lowest BCUT2D eigenvalue weighted by molar-refractivity contribution is -0.116. The zero-order valence-electron chi connectivity index (χ0n) is 11.6. The molecular weight excluding hydrogens is 248 g/mol. The van der Waals surface area contributed by atoms with Crippen LogP contribution in [0.25, 0.3) is 0 Å². The number of pyridine rings is 1. The van der Waals surface area contributed by atoms with Gasteiger partial charge >= 0.3 is 0 Å². The molecule has 1 aliphatic rings. The number of nitrogens with one attached hydrogen (secondary N) is 1. The van der Waals surface area contributed by atoms with Crippen LogP contribution in [-0.4, -0.2) is 10.9 Å².